The van der Waals surface area contributed by atoms with Gasteiger partial charge < -0.3 is 11.1 Å². The van der Waals surface area contributed by atoms with Gasteiger partial charge in [-0.25, -0.2) is 4.98 Å². The molecule has 5 heteroatoms. The summed E-state index contributed by atoms with van der Waals surface area (Å²) in [5, 5.41) is 3.61. The van der Waals surface area contributed by atoms with E-state index in [9.17, 15) is 0 Å². The summed E-state index contributed by atoms with van der Waals surface area (Å²) in [6.45, 7) is 2.18. The van der Waals surface area contributed by atoms with Crippen molar-refractivity contribution in [2.24, 2.45) is 5.92 Å². The number of anilines is 2. The number of nitrogens with zero attached hydrogens (tertiary/aromatic N) is 2. The van der Waals surface area contributed by atoms with Gasteiger partial charge in [-0.15, -0.1) is 0 Å². The monoisotopic (exact) mass is 198 g/mol. The normalized spacial score (nSPS) is 25.7. The van der Waals surface area contributed by atoms with Crippen LogP contribution in [0.2, 0.25) is 5.15 Å². The highest BCUT2D eigenvalue weighted by molar-refractivity contribution is 6.29. The van der Waals surface area contributed by atoms with Gasteiger partial charge in [0.2, 0.25) is 5.95 Å². The fourth-order valence-corrected chi connectivity index (χ4v) is 1.41. The second kappa shape index (κ2) is 3.03. The van der Waals surface area contributed by atoms with E-state index in [-0.39, 0.29) is 5.95 Å². The fraction of sp³-hybridized carbons (Fsp3) is 0.500. The van der Waals surface area contributed by atoms with Crippen molar-refractivity contribution in [1.29, 1.82) is 0 Å². The van der Waals surface area contributed by atoms with Gasteiger partial charge in [0.25, 0.3) is 0 Å². The van der Waals surface area contributed by atoms with E-state index >= 15 is 0 Å². The zero-order chi connectivity index (χ0) is 9.42. The molecule has 1 heterocycles. The van der Waals surface area contributed by atoms with Crippen LogP contribution in [-0.2, 0) is 0 Å². The fourth-order valence-electron chi connectivity index (χ4n) is 1.22. The van der Waals surface area contributed by atoms with Crippen molar-refractivity contribution in [3.05, 3.63) is 11.2 Å². The summed E-state index contributed by atoms with van der Waals surface area (Å²) in [5.74, 6) is 1.64. The van der Waals surface area contributed by atoms with E-state index in [1.54, 1.807) is 6.07 Å². The molecule has 70 valence electrons. The molecule has 13 heavy (non-hydrogen) atoms. The first-order valence-corrected chi connectivity index (χ1v) is 4.59. The van der Waals surface area contributed by atoms with E-state index in [2.05, 4.69) is 22.2 Å². The molecule has 2 rings (SSSR count). The molecule has 3 N–H and O–H groups in total. The second-order valence-corrected chi connectivity index (χ2v) is 3.79. The van der Waals surface area contributed by atoms with Crippen molar-refractivity contribution in [1.82, 2.24) is 9.97 Å². The Bertz CT molecular complexity index is 308. The van der Waals surface area contributed by atoms with Gasteiger partial charge in [0.1, 0.15) is 11.0 Å². The van der Waals surface area contributed by atoms with Crippen LogP contribution in [0, 0.1) is 5.92 Å². The quantitative estimate of drug-likeness (QED) is 0.708. The molecule has 1 aromatic heterocycles. The minimum atomic E-state index is 0.211. The molecule has 0 bridgehead atoms. The zero-order valence-electron chi connectivity index (χ0n) is 7.29. The van der Waals surface area contributed by atoms with E-state index in [0.717, 1.165) is 5.92 Å². The smallest absolute Gasteiger partial charge is 0.223 e. The van der Waals surface area contributed by atoms with Crippen molar-refractivity contribution >= 4 is 23.4 Å². The van der Waals surface area contributed by atoms with Gasteiger partial charge in [-0.2, -0.15) is 4.98 Å². The third-order valence-electron chi connectivity index (χ3n) is 2.15. The molecule has 1 fully saturated rings. The Hall–Kier alpha value is -1.03. The maximum Gasteiger partial charge on any atom is 0.223 e. The summed E-state index contributed by atoms with van der Waals surface area (Å²) in [4.78, 5) is 7.79. The summed E-state index contributed by atoms with van der Waals surface area (Å²) in [6.07, 6.45) is 1.18. The van der Waals surface area contributed by atoms with E-state index < -0.39 is 0 Å². The molecule has 0 aromatic carbocycles. The molecule has 0 amide bonds. The van der Waals surface area contributed by atoms with E-state index in [4.69, 9.17) is 17.3 Å². The van der Waals surface area contributed by atoms with Gasteiger partial charge >= 0.3 is 0 Å². The lowest BCUT2D eigenvalue weighted by Gasteiger charge is -2.04. The van der Waals surface area contributed by atoms with Gasteiger partial charge in [0, 0.05) is 12.1 Å². The lowest BCUT2D eigenvalue weighted by molar-refractivity contribution is 0.922. The molecular weight excluding hydrogens is 188 g/mol. The average Bonchev–Trinajstić information content (AvgIpc) is 2.63. The summed E-state index contributed by atoms with van der Waals surface area (Å²) in [7, 11) is 0. The number of aromatic nitrogens is 2. The van der Waals surface area contributed by atoms with Gasteiger partial charge in [-0.1, -0.05) is 18.5 Å². The maximum absolute atomic E-state index is 5.72. The predicted octanol–water partition coefficient (Wildman–Crippen LogP) is 1.53. The Morgan fingerprint density at radius 1 is 1.62 bits per heavy atom. The van der Waals surface area contributed by atoms with Gasteiger partial charge in [-0.3, -0.25) is 0 Å². The maximum atomic E-state index is 5.72. The van der Waals surface area contributed by atoms with Crippen LogP contribution in [0.3, 0.4) is 0 Å². The minimum absolute atomic E-state index is 0.211. The molecule has 1 aliphatic rings. The predicted molar refractivity (Wildman–Crippen MR) is 52.6 cm³/mol. The highest BCUT2D eigenvalue weighted by atomic mass is 35.5. The van der Waals surface area contributed by atoms with E-state index in [1.807, 2.05) is 0 Å². The van der Waals surface area contributed by atoms with Crippen LogP contribution in [-0.4, -0.2) is 16.0 Å². The summed E-state index contributed by atoms with van der Waals surface area (Å²) in [5.41, 5.74) is 5.44. The third kappa shape index (κ3) is 2.01. The molecule has 0 aliphatic heterocycles. The summed E-state index contributed by atoms with van der Waals surface area (Å²) < 4.78 is 0. The number of nitrogens with two attached hydrogens (primary N) is 1. The van der Waals surface area contributed by atoms with Crippen LogP contribution in [0.25, 0.3) is 0 Å². The number of hydrogen-bond donors (Lipinski definition) is 2. The van der Waals surface area contributed by atoms with Crippen molar-refractivity contribution < 1.29 is 0 Å². The summed E-state index contributed by atoms with van der Waals surface area (Å²) >= 11 is 5.72. The Morgan fingerprint density at radius 2 is 2.31 bits per heavy atom. The van der Waals surface area contributed by atoms with Crippen LogP contribution in [0.5, 0.6) is 0 Å². The third-order valence-corrected chi connectivity index (χ3v) is 2.35. The van der Waals surface area contributed by atoms with Crippen LogP contribution >= 0.6 is 11.6 Å². The molecule has 0 radical (unpaired) electrons. The number of nitrogen functional groups attached to an aromatic ring is 1. The molecule has 2 atom stereocenters. The largest absolute Gasteiger partial charge is 0.368 e. The van der Waals surface area contributed by atoms with E-state index in [1.165, 1.54) is 6.42 Å². The van der Waals surface area contributed by atoms with Crippen molar-refractivity contribution in [2.45, 2.75) is 19.4 Å². The van der Waals surface area contributed by atoms with Crippen LogP contribution in [0.15, 0.2) is 6.07 Å². The lowest BCUT2D eigenvalue weighted by atomic mass is 10.4. The van der Waals surface area contributed by atoms with Gasteiger partial charge in [0.05, 0.1) is 0 Å². The van der Waals surface area contributed by atoms with Crippen molar-refractivity contribution in [2.75, 3.05) is 11.1 Å². The number of halogens is 1. The van der Waals surface area contributed by atoms with Crippen LogP contribution < -0.4 is 11.1 Å². The molecule has 1 aromatic rings. The number of hydrogen-bond acceptors (Lipinski definition) is 4. The van der Waals surface area contributed by atoms with Gasteiger partial charge in [-0.05, 0) is 12.3 Å². The minimum Gasteiger partial charge on any atom is -0.368 e. The first kappa shape index (κ1) is 8.56. The SMILES string of the molecule is C[C@@H]1C[C@H]1Nc1cc(Cl)nc(N)n1. The van der Waals surface area contributed by atoms with Crippen molar-refractivity contribution in [3.63, 3.8) is 0 Å². The van der Waals surface area contributed by atoms with Gasteiger partial charge in [0.15, 0.2) is 0 Å². The Balaban J connectivity index is 2.11. The first-order chi connectivity index (χ1) is 6.15. The summed E-state index contributed by atoms with van der Waals surface area (Å²) in [6, 6.07) is 2.20. The molecule has 4 nitrogen and oxygen atoms in total. The Labute approximate surface area is 81.5 Å². The molecule has 0 spiro atoms. The molecular formula is C8H11ClN4. The number of rotatable bonds is 2. The molecule has 1 saturated carbocycles. The second-order valence-electron chi connectivity index (χ2n) is 3.40. The molecule has 0 unspecified atom stereocenters. The topological polar surface area (TPSA) is 63.8 Å². The van der Waals surface area contributed by atoms with Crippen LogP contribution in [0.4, 0.5) is 11.8 Å². The highest BCUT2D eigenvalue weighted by Crippen LogP contribution is 2.32. The Kier molecular flexibility index (Phi) is 2.00. The standard InChI is InChI=1S/C8H11ClN4/c1-4-2-5(4)11-7-3-6(9)12-8(10)13-7/h3-5H,2H2,1H3,(H3,10,11,12,13)/t4-,5-/m1/s1. The zero-order valence-corrected chi connectivity index (χ0v) is 8.04. The molecule has 0 saturated heterocycles. The Morgan fingerprint density at radius 3 is 2.85 bits per heavy atom. The lowest BCUT2D eigenvalue weighted by Crippen LogP contribution is -2.07. The average molecular weight is 199 g/mol. The van der Waals surface area contributed by atoms with Crippen molar-refractivity contribution in [3.8, 4) is 0 Å². The number of nitrogens with one attached hydrogen (secondary N) is 1. The van der Waals surface area contributed by atoms with Crippen LogP contribution in [0.1, 0.15) is 13.3 Å². The highest BCUT2D eigenvalue weighted by Gasteiger charge is 2.32. The van der Waals surface area contributed by atoms with E-state index in [0.29, 0.717) is 17.0 Å². The molecule has 1 aliphatic carbocycles. The first-order valence-electron chi connectivity index (χ1n) is 4.22.